The SMILES string of the molecule is OCC(O)Cc1c(I)cc(I)cc1I. The van der Waals surface area contributed by atoms with Crippen LogP contribution in [0.3, 0.4) is 0 Å². The molecule has 78 valence electrons. The second kappa shape index (κ2) is 6.16. The highest BCUT2D eigenvalue weighted by Crippen LogP contribution is 2.23. The number of aliphatic hydroxyl groups is 2. The lowest BCUT2D eigenvalue weighted by atomic mass is 10.1. The zero-order valence-corrected chi connectivity index (χ0v) is 13.6. The molecule has 5 heteroatoms. The summed E-state index contributed by atoms with van der Waals surface area (Å²) >= 11 is 6.79. The lowest BCUT2D eigenvalue weighted by Gasteiger charge is -2.11. The van der Waals surface area contributed by atoms with Crippen LogP contribution in [0.5, 0.6) is 0 Å². The molecule has 0 amide bonds. The van der Waals surface area contributed by atoms with Gasteiger partial charge in [-0.25, -0.2) is 0 Å². The van der Waals surface area contributed by atoms with Crippen molar-refractivity contribution in [2.24, 2.45) is 0 Å². The summed E-state index contributed by atoms with van der Waals surface area (Å²) in [6.45, 7) is -0.182. The first-order valence-corrected chi connectivity index (χ1v) is 7.20. The highest BCUT2D eigenvalue weighted by atomic mass is 127. The molecule has 0 bridgehead atoms. The highest BCUT2D eigenvalue weighted by Gasteiger charge is 2.11. The van der Waals surface area contributed by atoms with Gasteiger partial charge in [0.05, 0.1) is 12.7 Å². The van der Waals surface area contributed by atoms with Crippen molar-refractivity contribution in [2.45, 2.75) is 12.5 Å². The molecule has 0 spiro atoms. The summed E-state index contributed by atoms with van der Waals surface area (Å²) in [5.74, 6) is 0. The Morgan fingerprint density at radius 1 is 1.14 bits per heavy atom. The summed E-state index contributed by atoms with van der Waals surface area (Å²) in [7, 11) is 0. The molecular weight excluding hydrogens is 521 g/mol. The van der Waals surface area contributed by atoms with Crippen LogP contribution < -0.4 is 0 Å². The number of benzene rings is 1. The zero-order valence-electron chi connectivity index (χ0n) is 7.17. The minimum absolute atomic E-state index is 0.182. The monoisotopic (exact) mass is 530 g/mol. The molecule has 2 N–H and O–H groups in total. The minimum atomic E-state index is -0.655. The first kappa shape index (κ1) is 13.4. The first-order chi connectivity index (χ1) is 6.54. The smallest absolute Gasteiger partial charge is 0.0811 e. The van der Waals surface area contributed by atoms with Crippen LogP contribution in [-0.4, -0.2) is 22.9 Å². The highest BCUT2D eigenvalue weighted by molar-refractivity contribution is 14.1. The normalized spacial score (nSPS) is 12.9. The Labute approximate surface area is 124 Å². The molecule has 0 heterocycles. The topological polar surface area (TPSA) is 40.5 Å². The molecule has 1 unspecified atom stereocenters. The number of rotatable bonds is 3. The Kier molecular flexibility index (Phi) is 5.89. The van der Waals surface area contributed by atoms with Gasteiger partial charge in [-0.2, -0.15) is 0 Å². The van der Waals surface area contributed by atoms with Crippen molar-refractivity contribution in [3.63, 3.8) is 0 Å². The van der Waals surface area contributed by atoms with E-state index in [9.17, 15) is 5.11 Å². The maximum Gasteiger partial charge on any atom is 0.0811 e. The minimum Gasteiger partial charge on any atom is -0.394 e. The maximum atomic E-state index is 9.37. The van der Waals surface area contributed by atoms with Gasteiger partial charge in [0, 0.05) is 17.1 Å². The van der Waals surface area contributed by atoms with Crippen molar-refractivity contribution < 1.29 is 10.2 Å². The number of hydrogen-bond donors (Lipinski definition) is 2. The van der Waals surface area contributed by atoms with E-state index in [-0.39, 0.29) is 6.61 Å². The van der Waals surface area contributed by atoms with Crippen LogP contribution in [0.4, 0.5) is 0 Å². The molecule has 1 aromatic carbocycles. The van der Waals surface area contributed by atoms with Crippen molar-refractivity contribution >= 4 is 67.8 Å². The van der Waals surface area contributed by atoms with E-state index in [1.54, 1.807) is 0 Å². The molecule has 2 nitrogen and oxygen atoms in total. The van der Waals surface area contributed by atoms with Gasteiger partial charge < -0.3 is 10.2 Å². The summed E-state index contributed by atoms with van der Waals surface area (Å²) in [6, 6.07) is 4.14. The van der Waals surface area contributed by atoms with Crippen LogP contribution in [-0.2, 0) is 6.42 Å². The summed E-state index contributed by atoms with van der Waals surface area (Å²) < 4.78 is 3.48. The van der Waals surface area contributed by atoms with Gasteiger partial charge in [0.25, 0.3) is 0 Å². The molecular formula is C9H9I3O2. The molecule has 1 rings (SSSR count). The Morgan fingerprint density at radius 2 is 1.64 bits per heavy atom. The molecule has 14 heavy (non-hydrogen) atoms. The quantitative estimate of drug-likeness (QED) is 0.591. The molecule has 0 aliphatic heterocycles. The van der Waals surface area contributed by atoms with Gasteiger partial charge in [0.1, 0.15) is 0 Å². The molecule has 0 radical (unpaired) electrons. The third-order valence-corrected chi connectivity index (χ3v) is 4.30. The van der Waals surface area contributed by atoms with Gasteiger partial charge in [0.2, 0.25) is 0 Å². The molecule has 0 aromatic heterocycles. The third kappa shape index (κ3) is 3.72. The van der Waals surface area contributed by atoms with E-state index in [0.29, 0.717) is 6.42 Å². The largest absolute Gasteiger partial charge is 0.394 e. The Hall–Kier alpha value is 1.33. The van der Waals surface area contributed by atoms with Crippen molar-refractivity contribution in [3.8, 4) is 0 Å². The lowest BCUT2D eigenvalue weighted by Crippen LogP contribution is -2.16. The Morgan fingerprint density at radius 3 is 2.07 bits per heavy atom. The number of aliphatic hydroxyl groups excluding tert-OH is 2. The fourth-order valence-electron chi connectivity index (χ4n) is 1.07. The fraction of sp³-hybridized carbons (Fsp3) is 0.333. The summed E-state index contributed by atoms with van der Waals surface area (Å²) in [4.78, 5) is 0. The molecule has 0 fully saturated rings. The van der Waals surface area contributed by atoms with E-state index in [2.05, 4.69) is 79.9 Å². The van der Waals surface area contributed by atoms with E-state index < -0.39 is 6.10 Å². The molecule has 0 aliphatic carbocycles. The van der Waals surface area contributed by atoms with Crippen molar-refractivity contribution in [2.75, 3.05) is 6.61 Å². The van der Waals surface area contributed by atoms with Gasteiger partial charge in [-0.05, 0) is 85.5 Å². The van der Waals surface area contributed by atoms with Gasteiger partial charge >= 0.3 is 0 Å². The van der Waals surface area contributed by atoms with Crippen molar-refractivity contribution in [1.29, 1.82) is 0 Å². The molecule has 0 saturated heterocycles. The molecule has 0 aliphatic rings. The van der Waals surface area contributed by atoms with Gasteiger partial charge in [0.15, 0.2) is 0 Å². The summed E-state index contributed by atoms with van der Waals surface area (Å²) in [6.07, 6.45) is -0.138. The standard InChI is InChI=1S/C9H9I3O2/c10-5-1-8(11)7(9(12)2-5)3-6(14)4-13/h1-2,6,13-14H,3-4H2. The van der Waals surface area contributed by atoms with Crippen LogP contribution in [0, 0.1) is 10.7 Å². The molecule has 1 atom stereocenters. The van der Waals surface area contributed by atoms with Crippen LogP contribution in [0.2, 0.25) is 0 Å². The predicted octanol–water partition coefficient (Wildman–Crippen LogP) is 2.40. The van der Waals surface area contributed by atoms with Gasteiger partial charge in [-0.15, -0.1) is 0 Å². The third-order valence-electron chi connectivity index (χ3n) is 1.76. The second-order valence-electron chi connectivity index (χ2n) is 2.89. The molecule has 0 saturated carbocycles. The van der Waals surface area contributed by atoms with E-state index in [1.807, 2.05) is 0 Å². The Balaban J connectivity index is 2.96. The van der Waals surface area contributed by atoms with Crippen molar-refractivity contribution in [3.05, 3.63) is 28.4 Å². The van der Waals surface area contributed by atoms with E-state index in [1.165, 1.54) is 3.57 Å². The van der Waals surface area contributed by atoms with Gasteiger partial charge in [-0.3, -0.25) is 0 Å². The van der Waals surface area contributed by atoms with Crippen LogP contribution >= 0.6 is 67.8 Å². The number of hydrogen-bond acceptors (Lipinski definition) is 2. The molecule has 1 aromatic rings. The van der Waals surface area contributed by atoms with Crippen LogP contribution in [0.1, 0.15) is 5.56 Å². The summed E-state index contributed by atoms with van der Waals surface area (Å²) in [5.41, 5.74) is 1.12. The average molecular weight is 530 g/mol. The lowest BCUT2D eigenvalue weighted by molar-refractivity contribution is 0.0952. The van der Waals surface area contributed by atoms with Gasteiger partial charge in [-0.1, -0.05) is 0 Å². The first-order valence-electron chi connectivity index (χ1n) is 3.97. The van der Waals surface area contributed by atoms with Crippen LogP contribution in [0.15, 0.2) is 12.1 Å². The maximum absolute atomic E-state index is 9.37. The average Bonchev–Trinajstić information content (AvgIpc) is 2.10. The van der Waals surface area contributed by atoms with Crippen molar-refractivity contribution in [1.82, 2.24) is 0 Å². The van der Waals surface area contributed by atoms with E-state index in [4.69, 9.17) is 5.11 Å². The Bertz CT molecular complexity index is 305. The predicted molar refractivity (Wildman–Crippen MR) is 81.4 cm³/mol. The fourth-order valence-corrected chi connectivity index (χ4v) is 5.09. The second-order valence-corrected chi connectivity index (χ2v) is 6.46. The van der Waals surface area contributed by atoms with E-state index >= 15 is 0 Å². The zero-order chi connectivity index (χ0) is 10.7. The number of halogens is 3. The summed E-state index contributed by atoms with van der Waals surface area (Å²) in [5, 5.41) is 18.1. The van der Waals surface area contributed by atoms with Crippen LogP contribution in [0.25, 0.3) is 0 Å². The van der Waals surface area contributed by atoms with E-state index in [0.717, 1.165) is 12.7 Å².